The summed E-state index contributed by atoms with van der Waals surface area (Å²) < 4.78 is 1.83. The highest BCUT2D eigenvalue weighted by Crippen LogP contribution is 2.38. The summed E-state index contributed by atoms with van der Waals surface area (Å²) in [6.07, 6.45) is 6.20. The van der Waals surface area contributed by atoms with Gasteiger partial charge in [-0.25, -0.2) is 19.1 Å². The number of allylic oxidation sites excluding steroid dienone is 2. The Kier molecular flexibility index (Phi) is 7.94. The van der Waals surface area contributed by atoms with Crippen LogP contribution in [0.1, 0.15) is 38.8 Å². The van der Waals surface area contributed by atoms with Crippen LogP contribution in [0.15, 0.2) is 58.0 Å². The van der Waals surface area contributed by atoms with Crippen molar-refractivity contribution in [2.75, 3.05) is 17.2 Å². The molecule has 5 N–H and O–H groups in total. The molecule has 2 aromatic heterocycles. The molecule has 2 fully saturated rings. The van der Waals surface area contributed by atoms with Crippen molar-refractivity contribution < 1.29 is 43.6 Å². The molecular formula is C28H30N7O8S+. The molecule has 230 valence electrons. The van der Waals surface area contributed by atoms with Crippen LogP contribution in [0.2, 0.25) is 0 Å². The van der Waals surface area contributed by atoms with E-state index in [4.69, 9.17) is 10.6 Å². The summed E-state index contributed by atoms with van der Waals surface area (Å²) in [6, 6.07) is 1.90. The van der Waals surface area contributed by atoms with Crippen LogP contribution >= 0.6 is 11.3 Å². The number of carbonyl (C=O) groups is 5. The van der Waals surface area contributed by atoms with Gasteiger partial charge < -0.3 is 31.0 Å². The molecule has 15 nitrogen and oxygen atoms in total. The van der Waals surface area contributed by atoms with Crippen molar-refractivity contribution in [3.05, 3.63) is 58.5 Å². The van der Waals surface area contributed by atoms with E-state index in [2.05, 4.69) is 15.5 Å². The molecule has 5 rings (SSSR count). The third kappa shape index (κ3) is 5.62. The van der Waals surface area contributed by atoms with Crippen LogP contribution in [0.3, 0.4) is 0 Å². The number of nitrogen functional groups attached to an aromatic ring is 1. The molecule has 2 saturated heterocycles. The first-order valence-electron chi connectivity index (χ1n) is 13.6. The van der Waals surface area contributed by atoms with Crippen LogP contribution in [0.4, 0.5) is 10.8 Å². The predicted molar refractivity (Wildman–Crippen MR) is 155 cm³/mol. The number of carbonyl (C=O) groups excluding carboxylic acids is 3. The molecule has 2 atom stereocenters. The van der Waals surface area contributed by atoms with Crippen molar-refractivity contribution in [3.63, 3.8) is 0 Å². The van der Waals surface area contributed by atoms with Gasteiger partial charge in [0.25, 0.3) is 17.7 Å². The molecule has 0 saturated carbocycles. The Labute approximate surface area is 254 Å². The lowest BCUT2D eigenvalue weighted by atomic mass is 9.82. The summed E-state index contributed by atoms with van der Waals surface area (Å²) in [7, 11) is 1.85. The number of aliphatic carboxylic acids is 2. The number of β-lactam (4-membered cyclic amide) rings is 1. The third-order valence-corrected chi connectivity index (χ3v) is 8.21. The van der Waals surface area contributed by atoms with Crippen LogP contribution in [0.25, 0.3) is 0 Å². The highest BCUT2D eigenvalue weighted by molar-refractivity contribution is 7.13. The number of nitrogens with two attached hydrogens (primary N) is 1. The summed E-state index contributed by atoms with van der Waals surface area (Å²) in [5.41, 5.74) is 4.80. The molecule has 2 aromatic rings. The Morgan fingerprint density at radius 3 is 2.66 bits per heavy atom. The number of nitrogens with one attached hydrogen (secondary N) is 1. The van der Waals surface area contributed by atoms with E-state index in [1.165, 1.54) is 19.2 Å². The minimum absolute atomic E-state index is 0.0121. The fourth-order valence-corrected chi connectivity index (χ4v) is 5.73. The van der Waals surface area contributed by atoms with Gasteiger partial charge in [0.2, 0.25) is 5.60 Å². The number of carboxylic acid groups (broad SMARTS) is 2. The summed E-state index contributed by atoms with van der Waals surface area (Å²) in [4.78, 5) is 75.4. The first-order chi connectivity index (χ1) is 20.8. The molecule has 44 heavy (non-hydrogen) atoms. The maximum atomic E-state index is 13.3. The zero-order chi connectivity index (χ0) is 31.9. The SMILES string of the molecule is C[n+]1cccc(N2CCC(=CC3=C(C(=O)O)N4C(=O)[C@@H](NC(=O)C(=NOC(C)(C)C(=O)O)c5csc(N)n5)[C@H]4CC3)C2=O)c1. The summed E-state index contributed by atoms with van der Waals surface area (Å²) >= 11 is 1.02. The van der Waals surface area contributed by atoms with E-state index in [-0.39, 0.29) is 28.9 Å². The lowest BCUT2D eigenvalue weighted by molar-refractivity contribution is -0.670. The molecule has 16 heteroatoms. The van der Waals surface area contributed by atoms with Gasteiger partial charge in [-0.3, -0.25) is 19.3 Å². The number of nitrogens with zero attached hydrogens (tertiary/aromatic N) is 5. The zero-order valence-corrected chi connectivity index (χ0v) is 24.8. The number of thiazole rings is 1. The van der Waals surface area contributed by atoms with E-state index in [9.17, 15) is 34.2 Å². The molecule has 3 amide bonds. The Morgan fingerprint density at radius 2 is 2.02 bits per heavy atom. The van der Waals surface area contributed by atoms with Crippen molar-refractivity contribution in [2.45, 2.75) is 50.8 Å². The minimum atomic E-state index is -1.78. The second-order valence-corrected chi connectivity index (χ2v) is 11.9. The van der Waals surface area contributed by atoms with Gasteiger partial charge in [-0.2, -0.15) is 0 Å². The van der Waals surface area contributed by atoms with Gasteiger partial charge in [0.05, 0.1) is 6.04 Å². The Bertz CT molecular complexity index is 1680. The van der Waals surface area contributed by atoms with Crippen LogP contribution in [-0.4, -0.2) is 79.7 Å². The summed E-state index contributed by atoms with van der Waals surface area (Å²) in [5.74, 6) is -4.43. The largest absolute Gasteiger partial charge is 0.478 e. The Balaban J connectivity index is 1.36. The lowest BCUT2D eigenvalue weighted by Crippen LogP contribution is -2.72. The van der Waals surface area contributed by atoms with Crippen LogP contribution in [-0.2, 0) is 35.9 Å². The highest BCUT2D eigenvalue weighted by Gasteiger charge is 2.53. The van der Waals surface area contributed by atoms with E-state index < -0.39 is 47.1 Å². The molecular weight excluding hydrogens is 594 g/mol. The number of oxime groups is 1. The topological polar surface area (TPSA) is 209 Å². The van der Waals surface area contributed by atoms with Crippen molar-refractivity contribution in [1.82, 2.24) is 15.2 Å². The van der Waals surface area contributed by atoms with Crippen molar-refractivity contribution >= 4 is 57.5 Å². The minimum Gasteiger partial charge on any atom is -0.478 e. The number of hydrogen-bond acceptors (Lipinski definition) is 10. The third-order valence-electron chi connectivity index (χ3n) is 7.53. The summed E-state index contributed by atoms with van der Waals surface area (Å²) in [6.45, 7) is 2.92. The number of aryl methyl sites for hydroxylation is 1. The van der Waals surface area contributed by atoms with Gasteiger partial charge in [0.15, 0.2) is 23.2 Å². The van der Waals surface area contributed by atoms with Gasteiger partial charge in [0, 0.05) is 23.6 Å². The summed E-state index contributed by atoms with van der Waals surface area (Å²) in [5, 5.41) is 27.3. The number of rotatable bonds is 9. The smallest absolute Gasteiger partial charge is 0.352 e. The first kappa shape index (κ1) is 30.3. The van der Waals surface area contributed by atoms with E-state index in [0.717, 1.165) is 21.9 Å². The normalized spacial score (nSPS) is 21.3. The monoisotopic (exact) mass is 624 g/mol. The van der Waals surface area contributed by atoms with Crippen LogP contribution in [0, 0.1) is 0 Å². The lowest BCUT2D eigenvalue weighted by Gasteiger charge is -2.50. The maximum Gasteiger partial charge on any atom is 0.352 e. The van der Waals surface area contributed by atoms with Gasteiger partial charge >= 0.3 is 11.9 Å². The average molecular weight is 625 g/mol. The Hall–Kier alpha value is -5.12. The molecule has 3 aliphatic heterocycles. The van der Waals surface area contributed by atoms with Crippen molar-refractivity contribution in [1.29, 1.82) is 0 Å². The molecule has 0 spiro atoms. The predicted octanol–water partition coefficient (Wildman–Crippen LogP) is 0.325. The molecule has 0 radical (unpaired) electrons. The van der Waals surface area contributed by atoms with Gasteiger partial charge in [0.1, 0.15) is 30.2 Å². The van der Waals surface area contributed by atoms with E-state index in [1.807, 2.05) is 36.1 Å². The second kappa shape index (κ2) is 11.5. The fraction of sp³-hybridized carbons (Fsp3) is 0.357. The maximum absolute atomic E-state index is 13.3. The van der Waals surface area contributed by atoms with Crippen LogP contribution in [0.5, 0.6) is 0 Å². The second-order valence-electron chi connectivity index (χ2n) is 11.0. The molecule has 5 heterocycles. The molecule has 0 aromatic carbocycles. The Morgan fingerprint density at radius 1 is 1.27 bits per heavy atom. The number of aromatic nitrogens is 2. The van der Waals surface area contributed by atoms with E-state index in [0.29, 0.717) is 30.5 Å². The average Bonchev–Trinajstić information content (AvgIpc) is 3.56. The standard InChI is InChI=1S/C28H29N7O8S/c1-28(2,26(41)42)43-32-19(17-13-44-27(29)30-17)22(36)31-20-18-7-6-14(21(25(39)40)35(18)24(20)38)11-15-8-10-34(23(15)37)16-5-4-9-33(3)12-16/h4-5,9,11-13,18,20H,6-8,10H2,1-3H3,(H4-,29,30,31,36,39,40,41,42)/p+1/t18-,20+/m1/s1. The van der Waals surface area contributed by atoms with Crippen LogP contribution < -0.4 is 20.5 Å². The first-order valence-corrected chi connectivity index (χ1v) is 14.5. The van der Waals surface area contributed by atoms with E-state index >= 15 is 0 Å². The number of amides is 3. The van der Waals surface area contributed by atoms with Crippen molar-refractivity contribution in [3.8, 4) is 0 Å². The molecule has 3 aliphatic rings. The highest BCUT2D eigenvalue weighted by atomic mass is 32.1. The number of hydrogen-bond donors (Lipinski definition) is 4. The fourth-order valence-electron chi connectivity index (χ4n) is 5.18. The van der Waals surface area contributed by atoms with Gasteiger partial charge in [-0.05, 0) is 50.8 Å². The quantitative estimate of drug-likeness (QED) is 0.0988. The number of anilines is 2. The zero-order valence-electron chi connectivity index (χ0n) is 24.0. The van der Waals surface area contributed by atoms with Crippen molar-refractivity contribution in [2.24, 2.45) is 12.2 Å². The molecule has 0 unspecified atom stereocenters. The number of fused-ring (bicyclic) bond motifs is 1. The van der Waals surface area contributed by atoms with Gasteiger partial charge in [-0.1, -0.05) is 5.16 Å². The molecule has 0 aliphatic carbocycles. The number of carboxylic acids is 2. The number of pyridine rings is 1. The molecule has 0 bridgehead atoms. The van der Waals surface area contributed by atoms with E-state index in [1.54, 1.807) is 11.0 Å². The van der Waals surface area contributed by atoms with Gasteiger partial charge in [-0.15, -0.1) is 11.3 Å².